The lowest BCUT2D eigenvalue weighted by Crippen LogP contribution is -2.52. The Morgan fingerprint density at radius 3 is 2.57 bits per heavy atom. The predicted octanol–water partition coefficient (Wildman–Crippen LogP) is 8.88. The monoisotopic (exact) mass is 548 g/mol. The molecule has 4 aromatic rings. The number of allylic oxidation sites excluding steroid dienone is 1. The predicted molar refractivity (Wildman–Crippen MR) is 156 cm³/mol. The van der Waals surface area contributed by atoms with Gasteiger partial charge in [0.15, 0.2) is 0 Å². The standard InChI is InChI=1S/C31H30Cl2N2OS/c1-3-17-31(2)20-25(22-8-6-9-24(33)19-22)29(21-13-15-23(32)16-14-21)35(30(31)36)18-7-12-28-34-26-10-4-5-11-27(26)37-28/h3-6,8-11,13-16,19,25,29H,1,7,12,17-18,20H2,2H3/t25-,29-,31+/m1/s1. The highest BCUT2D eigenvalue weighted by molar-refractivity contribution is 7.18. The van der Waals surface area contributed by atoms with Gasteiger partial charge in [0.1, 0.15) is 0 Å². The van der Waals surface area contributed by atoms with Crippen LogP contribution in [0.3, 0.4) is 0 Å². The van der Waals surface area contributed by atoms with Crippen LogP contribution in [0, 0.1) is 5.41 Å². The van der Waals surface area contributed by atoms with Crippen molar-refractivity contribution in [1.29, 1.82) is 0 Å². The number of carbonyl (C=O) groups excluding carboxylic acids is 1. The lowest BCUT2D eigenvalue weighted by atomic mass is 9.67. The largest absolute Gasteiger partial charge is 0.335 e. The minimum Gasteiger partial charge on any atom is -0.335 e. The first kappa shape index (κ1) is 26.0. The van der Waals surface area contributed by atoms with E-state index in [0.717, 1.165) is 40.9 Å². The van der Waals surface area contributed by atoms with Crippen LogP contribution in [0.25, 0.3) is 10.2 Å². The average Bonchev–Trinajstić information content (AvgIpc) is 3.30. The zero-order valence-corrected chi connectivity index (χ0v) is 23.2. The molecule has 3 atom stereocenters. The number of rotatable bonds is 8. The molecule has 1 aromatic heterocycles. The normalized spacial score (nSPS) is 21.9. The number of hydrogen-bond donors (Lipinski definition) is 0. The summed E-state index contributed by atoms with van der Waals surface area (Å²) in [5.74, 6) is 0.264. The smallest absolute Gasteiger partial charge is 0.229 e. The number of piperidine rings is 1. The van der Waals surface area contributed by atoms with Crippen molar-refractivity contribution >= 4 is 50.7 Å². The molecule has 0 saturated carbocycles. The number of halogens is 2. The summed E-state index contributed by atoms with van der Waals surface area (Å²) in [5.41, 5.74) is 2.73. The van der Waals surface area contributed by atoms with Gasteiger partial charge in [0.25, 0.3) is 0 Å². The first-order valence-electron chi connectivity index (χ1n) is 12.7. The van der Waals surface area contributed by atoms with E-state index < -0.39 is 5.41 Å². The Balaban J connectivity index is 1.50. The van der Waals surface area contributed by atoms with Crippen molar-refractivity contribution in [2.45, 2.75) is 44.6 Å². The lowest BCUT2D eigenvalue weighted by Gasteiger charge is -2.49. The number of aromatic nitrogens is 1. The second-order valence-electron chi connectivity index (χ2n) is 10.1. The molecule has 1 amide bonds. The molecule has 1 saturated heterocycles. The van der Waals surface area contributed by atoms with Gasteiger partial charge < -0.3 is 4.90 Å². The van der Waals surface area contributed by atoms with Gasteiger partial charge in [0.05, 0.1) is 26.7 Å². The van der Waals surface area contributed by atoms with Crippen LogP contribution in [0.2, 0.25) is 10.0 Å². The highest BCUT2D eigenvalue weighted by atomic mass is 35.5. The number of amides is 1. The topological polar surface area (TPSA) is 33.2 Å². The molecular weight excluding hydrogens is 519 g/mol. The SMILES string of the molecule is C=CC[C@@]1(C)C[C@H](c2cccc(Cl)c2)[C@@H](c2ccc(Cl)cc2)N(CCCc2nc3ccccc3s2)C1=O. The molecule has 0 unspecified atom stereocenters. The van der Waals surface area contributed by atoms with Crippen molar-refractivity contribution in [1.82, 2.24) is 9.88 Å². The third kappa shape index (κ3) is 5.47. The molecule has 0 bridgehead atoms. The summed E-state index contributed by atoms with van der Waals surface area (Å²) in [6.45, 7) is 6.69. The van der Waals surface area contributed by atoms with Gasteiger partial charge in [0, 0.05) is 28.9 Å². The Bertz CT molecular complexity index is 1380. The number of carbonyl (C=O) groups is 1. The lowest BCUT2D eigenvalue weighted by molar-refractivity contribution is -0.150. The van der Waals surface area contributed by atoms with Crippen molar-refractivity contribution in [3.05, 3.63) is 112 Å². The number of nitrogens with zero attached hydrogens (tertiary/aromatic N) is 2. The maximum Gasteiger partial charge on any atom is 0.229 e. The molecule has 3 aromatic carbocycles. The van der Waals surface area contributed by atoms with Crippen LogP contribution in [-0.2, 0) is 11.2 Å². The first-order chi connectivity index (χ1) is 17.9. The Labute approximate surface area is 232 Å². The quantitative estimate of drug-likeness (QED) is 0.206. The van der Waals surface area contributed by atoms with Crippen LogP contribution in [0.15, 0.2) is 85.5 Å². The number of para-hydroxylation sites is 1. The molecular formula is C31H30Cl2N2OS. The van der Waals surface area contributed by atoms with Gasteiger partial charge in [-0.15, -0.1) is 17.9 Å². The third-order valence-electron chi connectivity index (χ3n) is 7.38. The van der Waals surface area contributed by atoms with Gasteiger partial charge in [-0.25, -0.2) is 4.98 Å². The van der Waals surface area contributed by atoms with E-state index in [1.165, 1.54) is 4.70 Å². The van der Waals surface area contributed by atoms with Crippen LogP contribution in [-0.4, -0.2) is 22.3 Å². The summed E-state index contributed by atoms with van der Waals surface area (Å²) in [6, 6.07) is 24.1. The molecule has 1 fully saturated rings. The fourth-order valence-corrected chi connectivity index (χ4v) is 6.98. The molecule has 0 radical (unpaired) electrons. The summed E-state index contributed by atoms with van der Waals surface area (Å²) < 4.78 is 1.20. The minimum atomic E-state index is -0.534. The molecule has 0 aliphatic carbocycles. The second-order valence-corrected chi connectivity index (χ2v) is 12.1. The number of likely N-dealkylation sites (tertiary alicyclic amines) is 1. The van der Waals surface area contributed by atoms with E-state index in [4.69, 9.17) is 28.2 Å². The third-order valence-corrected chi connectivity index (χ3v) is 8.96. The number of aryl methyl sites for hydroxylation is 1. The van der Waals surface area contributed by atoms with Crippen molar-refractivity contribution in [2.24, 2.45) is 5.41 Å². The number of hydrogen-bond acceptors (Lipinski definition) is 3. The summed E-state index contributed by atoms with van der Waals surface area (Å²) in [5, 5.41) is 2.50. The fraction of sp³-hybridized carbons (Fsp3) is 0.290. The van der Waals surface area contributed by atoms with Crippen LogP contribution in [0.1, 0.15) is 54.3 Å². The van der Waals surface area contributed by atoms with E-state index in [1.54, 1.807) is 11.3 Å². The summed E-state index contributed by atoms with van der Waals surface area (Å²) in [6.07, 6.45) is 4.89. The van der Waals surface area contributed by atoms with E-state index in [0.29, 0.717) is 23.0 Å². The van der Waals surface area contributed by atoms with Crippen molar-refractivity contribution in [2.75, 3.05) is 6.54 Å². The van der Waals surface area contributed by atoms with Gasteiger partial charge in [-0.05, 0) is 66.8 Å². The van der Waals surface area contributed by atoms with Gasteiger partial charge in [-0.2, -0.15) is 0 Å². The van der Waals surface area contributed by atoms with Gasteiger partial charge in [-0.1, -0.05) is 72.6 Å². The minimum absolute atomic E-state index is 0.0879. The highest BCUT2D eigenvalue weighted by Crippen LogP contribution is 2.51. The van der Waals surface area contributed by atoms with Gasteiger partial charge in [-0.3, -0.25) is 4.79 Å². The summed E-state index contributed by atoms with van der Waals surface area (Å²) in [4.78, 5) is 21.0. The molecule has 6 heteroatoms. The molecule has 3 nitrogen and oxygen atoms in total. The van der Waals surface area contributed by atoms with E-state index in [1.807, 2.05) is 48.5 Å². The Hall–Kier alpha value is -2.66. The average molecular weight is 550 g/mol. The molecule has 1 aliphatic heterocycles. The number of benzene rings is 3. The van der Waals surface area contributed by atoms with Crippen LogP contribution in [0.4, 0.5) is 0 Å². The molecule has 190 valence electrons. The molecule has 5 rings (SSSR count). The van der Waals surface area contributed by atoms with Crippen molar-refractivity contribution in [3.63, 3.8) is 0 Å². The van der Waals surface area contributed by atoms with Crippen molar-refractivity contribution in [3.8, 4) is 0 Å². The van der Waals surface area contributed by atoms with E-state index in [-0.39, 0.29) is 17.9 Å². The van der Waals surface area contributed by atoms with E-state index >= 15 is 0 Å². The van der Waals surface area contributed by atoms with Gasteiger partial charge >= 0.3 is 0 Å². The molecule has 0 spiro atoms. The van der Waals surface area contributed by atoms with E-state index in [2.05, 4.69) is 48.7 Å². The summed E-state index contributed by atoms with van der Waals surface area (Å²) in [7, 11) is 0. The maximum absolute atomic E-state index is 14.1. The van der Waals surface area contributed by atoms with Crippen molar-refractivity contribution < 1.29 is 4.79 Å². The first-order valence-corrected chi connectivity index (χ1v) is 14.2. The zero-order chi connectivity index (χ0) is 26.0. The van der Waals surface area contributed by atoms with Crippen LogP contribution in [0.5, 0.6) is 0 Å². The van der Waals surface area contributed by atoms with E-state index in [9.17, 15) is 4.79 Å². The Kier molecular flexibility index (Phi) is 7.71. The van der Waals surface area contributed by atoms with Crippen LogP contribution >= 0.6 is 34.5 Å². The highest BCUT2D eigenvalue weighted by Gasteiger charge is 2.48. The number of fused-ring (bicyclic) bond motifs is 1. The van der Waals surface area contributed by atoms with Crippen LogP contribution < -0.4 is 0 Å². The Morgan fingerprint density at radius 2 is 1.84 bits per heavy atom. The second kappa shape index (κ2) is 11.0. The van der Waals surface area contributed by atoms with Gasteiger partial charge in [0.2, 0.25) is 5.91 Å². The fourth-order valence-electron chi connectivity index (χ4n) is 5.64. The summed E-state index contributed by atoms with van der Waals surface area (Å²) >= 11 is 14.4. The zero-order valence-electron chi connectivity index (χ0n) is 20.9. The molecule has 0 N–H and O–H groups in total. The number of thiazole rings is 1. The Morgan fingerprint density at radius 1 is 1.05 bits per heavy atom. The molecule has 37 heavy (non-hydrogen) atoms. The maximum atomic E-state index is 14.1. The molecule has 1 aliphatic rings. The molecule has 2 heterocycles.